The molecule has 0 aromatic carbocycles. The number of pyridine rings is 1. The lowest BCUT2D eigenvalue weighted by Crippen LogP contribution is -2.36. The van der Waals surface area contributed by atoms with Crippen LogP contribution >= 0.6 is 11.6 Å². The molecule has 1 aromatic heterocycles. The van der Waals surface area contributed by atoms with Gasteiger partial charge in [0.25, 0.3) is 5.91 Å². The van der Waals surface area contributed by atoms with Crippen molar-refractivity contribution in [3.05, 3.63) is 28.8 Å². The number of nitrogens with two attached hydrogens (primary N) is 1. The highest BCUT2D eigenvalue weighted by molar-refractivity contribution is 6.32. The van der Waals surface area contributed by atoms with E-state index in [2.05, 4.69) is 10.3 Å². The summed E-state index contributed by atoms with van der Waals surface area (Å²) >= 11 is 5.65. The quantitative estimate of drug-likeness (QED) is 0.787. The van der Waals surface area contributed by atoms with Crippen molar-refractivity contribution in [2.75, 3.05) is 0 Å². The third-order valence-corrected chi connectivity index (χ3v) is 2.24. The second-order valence-electron chi connectivity index (χ2n) is 3.54. The molecule has 0 aliphatic rings. The van der Waals surface area contributed by atoms with Gasteiger partial charge in [-0.1, -0.05) is 11.6 Å². The molecular formula is C10H11ClFN3O2. The molecule has 1 atom stereocenters. The van der Waals surface area contributed by atoms with Crippen molar-refractivity contribution in [3.8, 4) is 0 Å². The highest BCUT2D eigenvalue weighted by Gasteiger charge is 2.15. The first-order chi connectivity index (χ1) is 7.90. The normalized spacial score (nSPS) is 11.9. The molecular weight excluding hydrogens is 249 g/mol. The summed E-state index contributed by atoms with van der Waals surface area (Å²) in [6.07, 6.45) is 0.901. The fraction of sp³-hybridized carbons (Fsp3) is 0.300. The molecule has 0 radical (unpaired) electrons. The van der Waals surface area contributed by atoms with E-state index in [1.165, 1.54) is 0 Å². The van der Waals surface area contributed by atoms with Crippen molar-refractivity contribution in [3.63, 3.8) is 0 Å². The SMILES string of the molecule is CC(CC(N)=O)NC(=O)c1cc(F)cnc1Cl. The largest absolute Gasteiger partial charge is 0.370 e. The van der Waals surface area contributed by atoms with Gasteiger partial charge in [-0.3, -0.25) is 9.59 Å². The van der Waals surface area contributed by atoms with E-state index in [0.717, 1.165) is 12.3 Å². The van der Waals surface area contributed by atoms with Crippen molar-refractivity contribution in [1.82, 2.24) is 10.3 Å². The molecule has 0 saturated heterocycles. The number of rotatable bonds is 4. The zero-order valence-corrected chi connectivity index (χ0v) is 9.79. The van der Waals surface area contributed by atoms with Gasteiger partial charge in [-0.15, -0.1) is 0 Å². The van der Waals surface area contributed by atoms with Crippen LogP contribution in [-0.2, 0) is 4.79 Å². The number of hydrogen-bond donors (Lipinski definition) is 2. The van der Waals surface area contributed by atoms with Crippen LogP contribution in [0.15, 0.2) is 12.3 Å². The minimum Gasteiger partial charge on any atom is -0.370 e. The van der Waals surface area contributed by atoms with Crippen LogP contribution in [0.2, 0.25) is 5.15 Å². The van der Waals surface area contributed by atoms with E-state index in [1.54, 1.807) is 6.92 Å². The number of carbonyl (C=O) groups excluding carboxylic acids is 2. The summed E-state index contributed by atoms with van der Waals surface area (Å²) in [5, 5.41) is 2.36. The van der Waals surface area contributed by atoms with Crippen LogP contribution in [-0.4, -0.2) is 22.8 Å². The smallest absolute Gasteiger partial charge is 0.254 e. The maximum Gasteiger partial charge on any atom is 0.254 e. The summed E-state index contributed by atoms with van der Waals surface area (Å²) in [7, 11) is 0. The number of nitrogens with one attached hydrogen (secondary N) is 1. The van der Waals surface area contributed by atoms with Crippen LogP contribution in [0.4, 0.5) is 4.39 Å². The fourth-order valence-corrected chi connectivity index (χ4v) is 1.43. The zero-order chi connectivity index (χ0) is 13.0. The summed E-state index contributed by atoms with van der Waals surface area (Å²) in [5.41, 5.74) is 4.89. The number of halogens is 2. The molecule has 0 aliphatic carbocycles. The summed E-state index contributed by atoms with van der Waals surface area (Å²) in [4.78, 5) is 25.8. The third kappa shape index (κ3) is 3.99. The van der Waals surface area contributed by atoms with Gasteiger partial charge < -0.3 is 11.1 Å². The molecule has 0 bridgehead atoms. The topological polar surface area (TPSA) is 85.1 Å². The standard InChI is InChI=1S/C10H11ClFN3O2/c1-5(2-8(13)16)15-10(17)7-3-6(12)4-14-9(7)11/h3-5H,2H2,1H3,(H2,13,16)(H,15,17). The van der Waals surface area contributed by atoms with E-state index in [9.17, 15) is 14.0 Å². The molecule has 1 heterocycles. The lowest BCUT2D eigenvalue weighted by molar-refractivity contribution is -0.118. The first-order valence-electron chi connectivity index (χ1n) is 4.80. The van der Waals surface area contributed by atoms with E-state index in [0.29, 0.717) is 0 Å². The average molecular weight is 260 g/mol. The number of carbonyl (C=O) groups is 2. The minimum absolute atomic E-state index is 0.00783. The van der Waals surface area contributed by atoms with Crippen molar-refractivity contribution in [2.45, 2.75) is 19.4 Å². The molecule has 3 N–H and O–H groups in total. The van der Waals surface area contributed by atoms with Gasteiger partial charge in [-0.25, -0.2) is 9.37 Å². The summed E-state index contributed by atoms with van der Waals surface area (Å²) < 4.78 is 12.9. The molecule has 0 saturated carbocycles. The van der Waals surface area contributed by atoms with Crippen LogP contribution in [0.25, 0.3) is 0 Å². The molecule has 92 valence electrons. The average Bonchev–Trinajstić information content (AvgIpc) is 2.20. The van der Waals surface area contributed by atoms with Gasteiger partial charge in [-0.2, -0.15) is 0 Å². The van der Waals surface area contributed by atoms with Crippen LogP contribution in [0, 0.1) is 5.82 Å². The molecule has 1 aromatic rings. The maximum atomic E-state index is 12.9. The van der Waals surface area contributed by atoms with Gasteiger partial charge in [-0.05, 0) is 13.0 Å². The number of amides is 2. The van der Waals surface area contributed by atoms with Crippen LogP contribution in [0.3, 0.4) is 0 Å². The highest BCUT2D eigenvalue weighted by atomic mass is 35.5. The van der Waals surface area contributed by atoms with Gasteiger partial charge in [0.05, 0.1) is 11.8 Å². The van der Waals surface area contributed by atoms with E-state index in [1.807, 2.05) is 0 Å². The molecule has 17 heavy (non-hydrogen) atoms. The second-order valence-corrected chi connectivity index (χ2v) is 3.89. The van der Waals surface area contributed by atoms with Crippen molar-refractivity contribution >= 4 is 23.4 Å². The number of primary amides is 1. The second kappa shape index (κ2) is 5.58. The van der Waals surface area contributed by atoms with E-state index in [4.69, 9.17) is 17.3 Å². The number of aromatic nitrogens is 1. The van der Waals surface area contributed by atoms with E-state index in [-0.39, 0.29) is 17.1 Å². The predicted octanol–water partition coefficient (Wildman–Crippen LogP) is 0.868. The van der Waals surface area contributed by atoms with Gasteiger partial charge in [0.1, 0.15) is 11.0 Å². The first-order valence-corrected chi connectivity index (χ1v) is 5.18. The number of hydrogen-bond acceptors (Lipinski definition) is 3. The monoisotopic (exact) mass is 259 g/mol. The van der Waals surface area contributed by atoms with Crippen LogP contribution in [0.5, 0.6) is 0 Å². The maximum absolute atomic E-state index is 12.9. The fourth-order valence-electron chi connectivity index (χ4n) is 1.24. The van der Waals surface area contributed by atoms with E-state index < -0.39 is 23.7 Å². The molecule has 0 aliphatic heterocycles. The highest BCUT2D eigenvalue weighted by Crippen LogP contribution is 2.13. The van der Waals surface area contributed by atoms with Gasteiger partial charge in [0, 0.05) is 12.5 Å². The van der Waals surface area contributed by atoms with Gasteiger partial charge in [0.15, 0.2) is 0 Å². The Balaban J connectivity index is 2.76. The first kappa shape index (κ1) is 13.4. The third-order valence-electron chi connectivity index (χ3n) is 1.94. The Morgan fingerprint density at radius 3 is 2.88 bits per heavy atom. The van der Waals surface area contributed by atoms with Crippen LogP contribution < -0.4 is 11.1 Å². The van der Waals surface area contributed by atoms with Gasteiger partial charge in [0.2, 0.25) is 5.91 Å². The molecule has 1 rings (SSSR count). The predicted molar refractivity (Wildman–Crippen MR) is 59.9 cm³/mol. The molecule has 2 amide bonds. The van der Waals surface area contributed by atoms with Crippen LogP contribution in [0.1, 0.15) is 23.7 Å². The molecule has 5 nitrogen and oxygen atoms in total. The zero-order valence-electron chi connectivity index (χ0n) is 9.04. The Hall–Kier alpha value is -1.69. The molecule has 0 spiro atoms. The summed E-state index contributed by atoms with van der Waals surface area (Å²) in [6.45, 7) is 1.60. The Kier molecular flexibility index (Phi) is 4.39. The van der Waals surface area contributed by atoms with Crippen molar-refractivity contribution in [1.29, 1.82) is 0 Å². The molecule has 1 unspecified atom stereocenters. The summed E-state index contributed by atoms with van der Waals surface area (Å²) in [5.74, 6) is -1.81. The van der Waals surface area contributed by atoms with Gasteiger partial charge >= 0.3 is 0 Å². The lowest BCUT2D eigenvalue weighted by atomic mass is 10.2. The van der Waals surface area contributed by atoms with Crippen molar-refractivity contribution < 1.29 is 14.0 Å². The summed E-state index contributed by atoms with van der Waals surface area (Å²) in [6, 6.07) is 0.515. The van der Waals surface area contributed by atoms with E-state index >= 15 is 0 Å². The Morgan fingerprint density at radius 2 is 2.29 bits per heavy atom. The number of nitrogens with zero attached hydrogens (tertiary/aromatic N) is 1. The lowest BCUT2D eigenvalue weighted by Gasteiger charge is -2.12. The Morgan fingerprint density at radius 1 is 1.65 bits per heavy atom. The Labute approximate surface area is 102 Å². The molecule has 0 fully saturated rings. The Bertz CT molecular complexity index is 453. The minimum atomic E-state index is -0.665. The van der Waals surface area contributed by atoms with Crippen molar-refractivity contribution in [2.24, 2.45) is 5.73 Å². The molecule has 7 heteroatoms.